The Kier molecular flexibility index (Phi) is 2.88. The fraction of sp³-hybridized carbons (Fsp3) is 0.375. The van der Waals surface area contributed by atoms with Gasteiger partial charge in [-0.1, -0.05) is 13.3 Å². The Labute approximate surface area is 75.0 Å². The highest BCUT2D eigenvalue weighted by molar-refractivity contribution is 9.10. The van der Waals surface area contributed by atoms with Gasteiger partial charge in [-0.05, 0) is 28.4 Å². The Morgan fingerprint density at radius 2 is 2.36 bits per heavy atom. The van der Waals surface area contributed by atoms with Crippen LogP contribution < -0.4 is 5.73 Å². The summed E-state index contributed by atoms with van der Waals surface area (Å²) in [5.41, 5.74) is 7.49. The number of hydrogen-bond acceptors (Lipinski definition) is 2. The van der Waals surface area contributed by atoms with Crippen molar-refractivity contribution >= 4 is 21.6 Å². The summed E-state index contributed by atoms with van der Waals surface area (Å²) in [5, 5.41) is 0. The van der Waals surface area contributed by atoms with Crippen molar-refractivity contribution in [2.45, 2.75) is 19.8 Å². The molecule has 60 valence electrons. The summed E-state index contributed by atoms with van der Waals surface area (Å²) in [4.78, 5) is 4.20. The molecule has 0 radical (unpaired) electrons. The van der Waals surface area contributed by atoms with Crippen LogP contribution in [0.25, 0.3) is 0 Å². The molecule has 0 aromatic carbocycles. The van der Waals surface area contributed by atoms with Crippen LogP contribution in [0.15, 0.2) is 16.7 Å². The molecule has 0 saturated carbocycles. The molecule has 1 heterocycles. The zero-order valence-corrected chi connectivity index (χ0v) is 8.06. The Morgan fingerprint density at radius 1 is 1.64 bits per heavy atom. The second-order valence-electron chi connectivity index (χ2n) is 2.44. The van der Waals surface area contributed by atoms with Gasteiger partial charge in [-0.2, -0.15) is 0 Å². The molecule has 1 aromatic heterocycles. The number of anilines is 1. The molecule has 2 nitrogen and oxygen atoms in total. The molecule has 0 aliphatic carbocycles. The maximum absolute atomic E-state index is 5.71. The first kappa shape index (κ1) is 8.53. The number of aromatic nitrogens is 1. The summed E-state index contributed by atoms with van der Waals surface area (Å²) in [5.74, 6) is 0. The third kappa shape index (κ3) is 2.19. The lowest BCUT2D eigenvalue weighted by Crippen LogP contribution is -1.96. The zero-order valence-electron chi connectivity index (χ0n) is 6.47. The standard InChI is InChI=1S/C8H11BrN2/c1-2-3-8-7(10)4-6(9)5-11-8/h4-5H,2-3,10H2,1H3. The van der Waals surface area contributed by atoms with E-state index in [4.69, 9.17) is 5.73 Å². The summed E-state index contributed by atoms with van der Waals surface area (Å²) in [6, 6.07) is 1.89. The second-order valence-corrected chi connectivity index (χ2v) is 3.36. The smallest absolute Gasteiger partial charge is 0.0633 e. The van der Waals surface area contributed by atoms with Crippen molar-refractivity contribution < 1.29 is 0 Å². The van der Waals surface area contributed by atoms with Gasteiger partial charge < -0.3 is 5.73 Å². The molecule has 0 aliphatic rings. The van der Waals surface area contributed by atoms with Crippen LogP contribution in [-0.4, -0.2) is 4.98 Å². The molecule has 0 fully saturated rings. The van der Waals surface area contributed by atoms with Crippen molar-refractivity contribution in [1.29, 1.82) is 0 Å². The number of pyridine rings is 1. The van der Waals surface area contributed by atoms with E-state index in [2.05, 4.69) is 27.8 Å². The quantitative estimate of drug-likeness (QED) is 0.822. The van der Waals surface area contributed by atoms with Crippen molar-refractivity contribution in [2.75, 3.05) is 5.73 Å². The average molecular weight is 215 g/mol. The van der Waals surface area contributed by atoms with Gasteiger partial charge in [-0.15, -0.1) is 0 Å². The molecule has 0 bridgehead atoms. The van der Waals surface area contributed by atoms with Crippen LogP contribution in [0.4, 0.5) is 5.69 Å². The highest BCUT2D eigenvalue weighted by atomic mass is 79.9. The summed E-state index contributed by atoms with van der Waals surface area (Å²) in [7, 11) is 0. The van der Waals surface area contributed by atoms with Crippen molar-refractivity contribution in [2.24, 2.45) is 0 Å². The molecule has 0 aliphatic heterocycles. The van der Waals surface area contributed by atoms with Gasteiger partial charge >= 0.3 is 0 Å². The van der Waals surface area contributed by atoms with Crippen LogP contribution >= 0.6 is 15.9 Å². The number of nitrogen functional groups attached to an aromatic ring is 1. The van der Waals surface area contributed by atoms with E-state index in [1.165, 1.54) is 0 Å². The van der Waals surface area contributed by atoms with E-state index in [-0.39, 0.29) is 0 Å². The number of hydrogen-bond donors (Lipinski definition) is 1. The normalized spacial score (nSPS) is 10.0. The molecule has 0 unspecified atom stereocenters. The first-order valence-corrected chi connectivity index (χ1v) is 4.43. The number of halogens is 1. The minimum atomic E-state index is 0.779. The number of rotatable bonds is 2. The van der Waals surface area contributed by atoms with E-state index in [0.717, 1.165) is 28.7 Å². The highest BCUT2D eigenvalue weighted by Gasteiger charge is 1.98. The van der Waals surface area contributed by atoms with Crippen molar-refractivity contribution in [3.63, 3.8) is 0 Å². The Balaban J connectivity index is 2.90. The summed E-state index contributed by atoms with van der Waals surface area (Å²) >= 11 is 3.30. The number of nitrogens with two attached hydrogens (primary N) is 1. The molecule has 2 N–H and O–H groups in total. The van der Waals surface area contributed by atoms with Gasteiger partial charge in [0.1, 0.15) is 0 Å². The first-order valence-electron chi connectivity index (χ1n) is 3.64. The lowest BCUT2D eigenvalue weighted by atomic mass is 10.2. The van der Waals surface area contributed by atoms with Crippen LogP contribution in [0.3, 0.4) is 0 Å². The minimum Gasteiger partial charge on any atom is -0.397 e. The van der Waals surface area contributed by atoms with Crippen LogP contribution in [0.5, 0.6) is 0 Å². The SMILES string of the molecule is CCCc1ncc(Br)cc1N. The number of aryl methyl sites for hydroxylation is 1. The maximum Gasteiger partial charge on any atom is 0.0633 e. The largest absolute Gasteiger partial charge is 0.397 e. The third-order valence-electron chi connectivity index (χ3n) is 1.46. The molecule has 0 amide bonds. The fourth-order valence-electron chi connectivity index (χ4n) is 0.929. The van der Waals surface area contributed by atoms with Gasteiger partial charge in [0.25, 0.3) is 0 Å². The van der Waals surface area contributed by atoms with E-state index in [0.29, 0.717) is 0 Å². The predicted octanol–water partition coefficient (Wildman–Crippen LogP) is 2.38. The molecule has 11 heavy (non-hydrogen) atoms. The van der Waals surface area contributed by atoms with E-state index in [9.17, 15) is 0 Å². The molecular formula is C8H11BrN2. The summed E-state index contributed by atoms with van der Waals surface area (Å²) in [6.45, 7) is 2.11. The lowest BCUT2D eigenvalue weighted by Gasteiger charge is -2.01. The average Bonchev–Trinajstić information content (AvgIpc) is 1.95. The Morgan fingerprint density at radius 3 is 2.91 bits per heavy atom. The highest BCUT2D eigenvalue weighted by Crippen LogP contribution is 2.16. The van der Waals surface area contributed by atoms with Crippen molar-refractivity contribution in [3.8, 4) is 0 Å². The van der Waals surface area contributed by atoms with Gasteiger partial charge in [0.15, 0.2) is 0 Å². The molecule has 3 heteroatoms. The van der Waals surface area contributed by atoms with E-state index >= 15 is 0 Å². The molecule has 0 spiro atoms. The Bertz CT molecular complexity index is 248. The van der Waals surface area contributed by atoms with Crippen LogP contribution in [-0.2, 0) is 6.42 Å². The third-order valence-corrected chi connectivity index (χ3v) is 1.89. The fourth-order valence-corrected chi connectivity index (χ4v) is 1.28. The van der Waals surface area contributed by atoms with E-state index in [1.54, 1.807) is 6.20 Å². The van der Waals surface area contributed by atoms with Crippen LogP contribution in [0.2, 0.25) is 0 Å². The van der Waals surface area contributed by atoms with Crippen LogP contribution in [0.1, 0.15) is 19.0 Å². The van der Waals surface area contributed by atoms with E-state index in [1.807, 2.05) is 6.07 Å². The predicted molar refractivity (Wildman–Crippen MR) is 50.3 cm³/mol. The van der Waals surface area contributed by atoms with Gasteiger partial charge in [-0.3, -0.25) is 4.98 Å². The molecule has 0 atom stereocenters. The molecule has 1 rings (SSSR count). The lowest BCUT2D eigenvalue weighted by molar-refractivity contribution is 0.885. The molecule has 1 aromatic rings. The maximum atomic E-state index is 5.71. The molecular weight excluding hydrogens is 204 g/mol. The minimum absolute atomic E-state index is 0.779. The zero-order chi connectivity index (χ0) is 8.27. The Hall–Kier alpha value is -0.570. The van der Waals surface area contributed by atoms with E-state index < -0.39 is 0 Å². The van der Waals surface area contributed by atoms with Crippen molar-refractivity contribution in [3.05, 3.63) is 22.4 Å². The summed E-state index contributed by atoms with van der Waals surface area (Å²) in [6.07, 6.45) is 3.82. The monoisotopic (exact) mass is 214 g/mol. The topological polar surface area (TPSA) is 38.9 Å². The summed E-state index contributed by atoms with van der Waals surface area (Å²) < 4.78 is 0.940. The number of nitrogens with zero attached hydrogens (tertiary/aromatic N) is 1. The second kappa shape index (κ2) is 3.72. The molecule has 0 saturated heterocycles. The van der Waals surface area contributed by atoms with Crippen molar-refractivity contribution in [1.82, 2.24) is 4.98 Å². The first-order chi connectivity index (χ1) is 5.24. The van der Waals surface area contributed by atoms with Gasteiger partial charge in [-0.25, -0.2) is 0 Å². The van der Waals surface area contributed by atoms with Gasteiger partial charge in [0, 0.05) is 10.7 Å². The van der Waals surface area contributed by atoms with Gasteiger partial charge in [0.05, 0.1) is 11.4 Å². The van der Waals surface area contributed by atoms with Crippen LogP contribution in [0, 0.1) is 0 Å². The van der Waals surface area contributed by atoms with Gasteiger partial charge in [0.2, 0.25) is 0 Å².